The van der Waals surface area contributed by atoms with Crippen molar-refractivity contribution >= 4 is 11.3 Å². The first kappa shape index (κ1) is 15.0. The van der Waals surface area contributed by atoms with E-state index in [-0.39, 0.29) is 5.92 Å². The molecular weight excluding hydrogens is 290 g/mol. The summed E-state index contributed by atoms with van der Waals surface area (Å²) in [5, 5.41) is 6.93. The monoisotopic (exact) mass is 311 g/mol. The fourth-order valence-corrected chi connectivity index (χ4v) is 3.45. The molecule has 114 valence electrons. The van der Waals surface area contributed by atoms with E-state index in [9.17, 15) is 0 Å². The number of nitrogens with two attached hydrogens (primary N) is 1. The Morgan fingerprint density at radius 3 is 2.50 bits per heavy atom. The highest BCUT2D eigenvalue weighted by atomic mass is 32.1. The zero-order valence-corrected chi connectivity index (χ0v) is 13.8. The van der Waals surface area contributed by atoms with Crippen LogP contribution >= 0.6 is 11.3 Å². The van der Waals surface area contributed by atoms with Crippen LogP contribution in [0.25, 0.3) is 5.69 Å². The minimum Gasteiger partial charge on any atom is -0.329 e. The smallest absolute Gasteiger partial charge is 0.0657 e. The van der Waals surface area contributed by atoms with Crippen molar-refractivity contribution in [1.82, 2.24) is 9.78 Å². The molecule has 3 aromatic rings. The van der Waals surface area contributed by atoms with Crippen LogP contribution in [0.15, 0.2) is 53.9 Å². The van der Waals surface area contributed by atoms with E-state index < -0.39 is 0 Å². The van der Waals surface area contributed by atoms with Crippen molar-refractivity contribution in [3.63, 3.8) is 0 Å². The van der Waals surface area contributed by atoms with Crippen molar-refractivity contribution in [2.75, 3.05) is 6.54 Å². The lowest BCUT2D eigenvalue weighted by molar-refractivity contribution is 0.712. The largest absolute Gasteiger partial charge is 0.329 e. The van der Waals surface area contributed by atoms with Gasteiger partial charge >= 0.3 is 0 Å². The molecule has 0 aliphatic carbocycles. The van der Waals surface area contributed by atoms with E-state index in [1.165, 1.54) is 10.6 Å². The molecule has 0 bridgehead atoms. The molecule has 1 aromatic carbocycles. The summed E-state index contributed by atoms with van der Waals surface area (Å²) in [4.78, 5) is 1.29. The summed E-state index contributed by atoms with van der Waals surface area (Å²) >= 11 is 1.75. The summed E-state index contributed by atoms with van der Waals surface area (Å²) in [7, 11) is 0. The first-order valence-electron chi connectivity index (χ1n) is 7.59. The standard InChI is InChI=1S/C18H21N3S/c1-13(2)16-11-17(15(12-19)18-9-6-10-22-18)21(20-16)14-7-4-3-5-8-14/h3-11,13,15H,12,19H2,1-2H3. The van der Waals surface area contributed by atoms with Crippen molar-refractivity contribution < 1.29 is 0 Å². The second-order valence-corrected chi connectivity index (χ2v) is 6.68. The Morgan fingerprint density at radius 1 is 1.14 bits per heavy atom. The Labute approximate surface area is 135 Å². The maximum Gasteiger partial charge on any atom is 0.0657 e. The molecule has 1 atom stereocenters. The number of benzene rings is 1. The number of hydrogen-bond donors (Lipinski definition) is 1. The van der Waals surface area contributed by atoms with Gasteiger partial charge in [0.2, 0.25) is 0 Å². The molecule has 2 aromatic heterocycles. The summed E-state index contributed by atoms with van der Waals surface area (Å²) in [5.74, 6) is 0.575. The summed E-state index contributed by atoms with van der Waals surface area (Å²) in [6.07, 6.45) is 0. The third kappa shape index (κ3) is 2.85. The fourth-order valence-electron chi connectivity index (χ4n) is 2.59. The molecule has 2 N–H and O–H groups in total. The van der Waals surface area contributed by atoms with Crippen LogP contribution in [0.5, 0.6) is 0 Å². The normalized spacial score (nSPS) is 12.7. The molecular formula is C18H21N3S. The van der Waals surface area contributed by atoms with Crippen molar-refractivity contribution in [3.8, 4) is 5.69 Å². The predicted molar refractivity (Wildman–Crippen MR) is 92.9 cm³/mol. The molecule has 22 heavy (non-hydrogen) atoms. The number of para-hydroxylation sites is 1. The van der Waals surface area contributed by atoms with E-state index in [2.05, 4.69) is 49.6 Å². The number of nitrogens with zero attached hydrogens (tertiary/aromatic N) is 2. The lowest BCUT2D eigenvalue weighted by Crippen LogP contribution is -2.16. The van der Waals surface area contributed by atoms with E-state index in [4.69, 9.17) is 10.8 Å². The Balaban J connectivity index is 2.13. The van der Waals surface area contributed by atoms with E-state index in [0.29, 0.717) is 12.5 Å². The number of aromatic nitrogens is 2. The molecule has 0 aliphatic heterocycles. The third-order valence-corrected chi connectivity index (χ3v) is 4.81. The van der Waals surface area contributed by atoms with E-state index in [0.717, 1.165) is 11.4 Å². The summed E-state index contributed by atoms with van der Waals surface area (Å²) in [5.41, 5.74) is 9.45. The van der Waals surface area contributed by atoms with Gasteiger partial charge in [0.25, 0.3) is 0 Å². The van der Waals surface area contributed by atoms with E-state index in [1.807, 2.05) is 22.9 Å². The molecule has 0 amide bonds. The van der Waals surface area contributed by atoms with Gasteiger partial charge in [0.05, 0.1) is 17.1 Å². The molecule has 3 rings (SSSR count). The zero-order chi connectivity index (χ0) is 15.5. The number of hydrogen-bond acceptors (Lipinski definition) is 3. The highest BCUT2D eigenvalue weighted by Crippen LogP contribution is 2.31. The van der Waals surface area contributed by atoms with Crippen LogP contribution < -0.4 is 5.73 Å². The van der Waals surface area contributed by atoms with Gasteiger partial charge in [-0.05, 0) is 35.6 Å². The Hall–Kier alpha value is -1.91. The van der Waals surface area contributed by atoms with Crippen molar-refractivity contribution in [1.29, 1.82) is 0 Å². The predicted octanol–water partition coefficient (Wildman–Crippen LogP) is 4.15. The van der Waals surface area contributed by atoms with Crippen LogP contribution in [0, 0.1) is 0 Å². The van der Waals surface area contributed by atoms with Gasteiger partial charge < -0.3 is 5.73 Å². The summed E-state index contributed by atoms with van der Waals surface area (Å²) in [6, 6.07) is 16.7. The quantitative estimate of drug-likeness (QED) is 0.769. The molecule has 4 heteroatoms. The van der Waals surface area contributed by atoms with Gasteiger partial charge in [-0.15, -0.1) is 11.3 Å². The maximum atomic E-state index is 6.09. The van der Waals surface area contributed by atoms with Gasteiger partial charge in [0, 0.05) is 17.3 Å². The molecule has 0 spiro atoms. The molecule has 0 aliphatic rings. The lowest BCUT2D eigenvalue weighted by Gasteiger charge is -2.15. The van der Waals surface area contributed by atoms with Crippen LogP contribution in [0.1, 0.15) is 41.9 Å². The van der Waals surface area contributed by atoms with Crippen LogP contribution in [-0.4, -0.2) is 16.3 Å². The third-order valence-electron chi connectivity index (χ3n) is 3.83. The summed E-state index contributed by atoms with van der Waals surface area (Å²) in [6.45, 7) is 4.92. The fraction of sp³-hybridized carbons (Fsp3) is 0.278. The molecule has 0 fully saturated rings. The Morgan fingerprint density at radius 2 is 1.91 bits per heavy atom. The van der Waals surface area contributed by atoms with E-state index in [1.54, 1.807) is 11.3 Å². The van der Waals surface area contributed by atoms with E-state index >= 15 is 0 Å². The topological polar surface area (TPSA) is 43.8 Å². The average Bonchev–Trinajstić information content (AvgIpc) is 3.19. The van der Waals surface area contributed by atoms with Crippen LogP contribution in [0.3, 0.4) is 0 Å². The van der Waals surface area contributed by atoms with Crippen LogP contribution in [-0.2, 0) is 0 Å². The molecule has 0 saturated carbocycles. The highest BCUT2D eigenvalue weighted by Gasteiger charge is 2.21. The van der Waals surface area contributed by atoms with Crippen molar-refractivity contribution in [2.24, 2.45) is 5.73 Å². The molecule has 3 nitrogen and oxygen atoms in total. The Bertz CT molecular complexity index is 714. The second kappa shape index (κ2) is 6.46. The molecule has 2 heterocycles. The molecule has 1 unspecified atom stereocenters. The zero-order valence-electron chi connectivity index (χ0n) is 12.9. The maximum absolute atomic E-state index is 6.09. The van der Waals surface area contributed by atoms with Gasteiger partial charge in [0.15, 0.2) is 0 Å². The van der Waals surface area contributed by atoms with Gasteiger partial charge in [0.1, 0.15) is 0 Å². The number of thiophene rings is 1. The minimum atomic E-state index is 0.181. The Kier molecular flexibility index (Phi) is 4.41. The van der Waals surface area contributed by atoms with Gasteiger partial charge in [-0.25, -0.2) is 4.68 Å². The van der Waals surface area contributed by atoms with Crippen LogP contribution in [0.2, 0.25) is 0 Å². The summed E-state index contributed by atoms with van der Waals surface area (Å²) < 4.78 is 2.05. The van der Waals surface area contributed by atoms with Crippen molar-refractivity contribution in [2.45, 2.75) is 25.7 Å². The average molecular weight is 311 g/mol. The van der Waals surface area contributed by atoms with Crippen molar-refractivity contribution in [3.05, 3.63) is 70.2 Å². The second-order valence-electron chi connectivity index (χ2n) is 5.70. The number of rotatable bonds is 5. The molecule has 0 saturated heterocycles. The highest BCUT2D eigenvalue weighted by molar-refractivity contribution is 7.10. The van der Waals surface area contributed by atoms with Gasteiger partial charge in [-0.1, -0.05) is 38.1 Å². The molecule has 0 radical (unpaired) electrons. The van der Waals surface area contributed by atoms with Crippen LogP contribution in [0.4, 0.5) is 0 Å². The first-order chi connectivity index (χ1) is 10.7. The SMILES string of the molecule is CC(C)c1cc(C(CN)c2cccs2)n(-c2ccccc2)n1. The van der Waals surface area contributed by atoms with Gasteiger partial charge in [-0.3, -0.25) is 0 Å². The van der Waals surface area contributed by atoms with Gasteiger partial charge in [-0.2, -0.15) is 5.10 Å². The lowest BCUT2D eigenvalue weighted by atomic mass is 10.0. The first-order valence-corrected chi connectivity index (χ1v) is 8.47. The minimum absolute atomic E-state index is 0.181.